The molecule has 0 aliphatic carbocycles. The van der Waals surface area contributed by atoms with E-state index in [-0.39, 0.29) is 15.7 Å². The van der Waals surface area contributed by atoms with Crippen molar-refractivity contribution in [3.05, 3.63) is 52.5 Å². The Morgan fingerprint density at radius 1 is 1.18 bits per heavy atom. The van der Waals surface area contributed by atoms with Crippen molar-refractivity contribution in [3.63, 3.8) is 0 Å². The van der Waals surface area contributed by atoms with Crippen molar-refractivity contribution < 1.29 is 12.8 Å². The van der Waals surface area contributed by atoms with Crippen LogP contribution in [0.2, 0.25) is 10.0 Å². The van der Waals surface area contributed by atoms with E-state index in [1.165, 1.54) is 24.4 Å². The second kappa shape index (κ2) is 5.42. The van der Waals surface area contributed by atoms with Crippen molar-refractivity contribution in [2.45, 2.75) is 4.90 Å². The maximum absolute atomic E-state index is 12.8. The van der Waals surface area contributed by atoms with Gasteiger partial charge in [-0.05, 0) is 24.3 Å². The highest BCUT2D eigenvalue weighted by Crippen LogP contribution is 2.31. The molecule has 0 aliphatic heterocycles. The summed E-state index contributed by atoms with van der Waals surface area (Å²) in [6.45, 7) is 0. The topological polar surface area (TPSA) is 74.8 Å². The van der Waals surface area contributed by atoms with Gasteiger partial charge < -0.3 is 4.98 Å². The van der Waals surface area contributed by atoms with E-state index in [2.05, 4.69) is 14.7 Å². The van der Waals surface area contributed by atoms with Crippen LogP contribution in [0.5, 0.6) is 0 Å². The van der Waals surface area contributed by atoms with Crippen LogP contribution >= 0.6 is 23.2 Å². The fourth-order valence-electron chi connectivity index (χ4n) is 1.94. The zero-order valence-corrected chi connectivity index (χ0v) is 13.1. The summed E-state index contributed by atoms with van der Waals surface area (Å²) in [5.74, 6) is -0.549. The molecule has 0 saturated carbocycles. The number of aromatic amines is 1. The Morgan fingerprint density at radius 3 is 2.59 bits per heavy atom. The molecule has 0 bridgehead atoms. The molecule has 3 aromatic rings. The summed E-state index contributed by atoms with van der Waals surface area (Å²) in [5, 5.41) is 0.947. The molecule has 2 N–H and O–H groups in total. The van der Waals surface area contributed by atoms with Gasteiger partial charge >= 0.3 is 0 Å². The first-order valence-electron chi connectivity index (χ1n) is 5.97. The lowest BCUT2D eigenvalue weighted by atomic mass is 10.2. The highest BCUT2D eigenvalue weighted by molar-refractivity contribution is 7.93. The predicted octanol–water partition coefficient (Wildman–Crippen LogP) is 3.81. The quantitative estimate of drug-likeness (QED) is 0.746. The second-order valence-electron chi connectivity index (χ2n) is 4.43. The predicted molar refractivity (Wildman–Crippen MR) is 83.3 cm³/mol. The van der Waals surface area contributed by atoms with Gasteiger partial charge in [0.1, 0.15) is 16.5 Å². The number of rotatable bonds is 3. The van der Waals surface area contributed by atoms with Crippen LogP contribution in [0.4, 0.5) is 10.2 Å². The molecule has 0 unspecified atom stereocenters. The highest BCUT2D eigenvalue weighted by atomic mass is 35.5. The molecule has 0 saturated heterocycles. The molecule has 0 fully saturated rings. The molecular weight excluding hydrogens is 352 g/mol. The van der Waals surface area contributed by atoms with Crippen LogP contribution in [-0.2, 0) is 10.0 Å². The number of nitrogens with one attached hydrogen (secondary N) is 2. The van der Waals surface area contributed by atoms with Gasteiger partial charge in [-0.3, -0.25) is 4.72 Å². The molecular formula is C13H8Cl2FN3O2S. The summed E-state index contributed by atoms with van der Waals surface area (Å²) < 4.78 is 39.9. The first-order valence-corrected chi connectivity index (χ1v) is 8.21. The minimum Gasteiger partial charge on any atom is -0.360 e. The van der Waals surface area contributed by atoms with Crippen LogP contribution in [-0.4, -0.2) is 18.4 Å². The Labute approximate surface area is 135 Å². The number of aromatic nitrogens is 2. The number of hydrogen-bond donors (Lipinski definition) is 2. The zero-order chi connectivity index (χ0) is 15.9. The molecule has 0 spiro atoms. The largest absolute Gasteiger partial charge is 0.360 e. The lowest BCUT2D eigenvalue weighted by Crippen LogP contribution is -2.13. The normalized spacial score (nSPS) is 11.8. The number of hydrogen-bond acceptors (Lipinski definition) is 3. The van der Waals surface area contributed by atoms with E-state index in [1.807, 2.05) is 0 Å². The monoisotopic (exact) mass is 359 g/mol. The Bertz CT molecular complexity index is 955. The molecule has 114 valence electrons. The van der Waals surface area contributed by atoms with E-state index in [4.69, 9.17) is 23.2 Å². The van der Waals surface area contributed by atoms with E-state index >= 15 is 0 Å². The van der Waals surface area contributed by atoms with Gasteiger partial charge in [0.2, 0.25) is 0 Å². The minimum atomic E-state index is -3.91. The number of nitrogens with zero attached hydrogens (tertiary/aromatic N) is 1. The van der Waals surface area contributed by atoms with Crippen molar-refractivity contribution >= 4 is 49.9 Å². The van der Waals surface area contributed by atoms with Crippen LogP contribution in [0.15, 0.2) is 41.6 Å². The molecule has 9 heteroatoms. The average molecular weight is 360 g/mol. The number of pyridine rings is 1. The summed E-state index contributed by atoms with van der Waals surface area (Å²) in [7, 11) is -3.91. The summed E-state index contributed by atoms with van der Waals surface area (Å²) in [6, 6.07) is 5.33. The number of sulfonamides is 1. The second-order valence-corrected chi connectivity index (χ2v) is 6.90. The van der Waals surface area contributed by atoms with E-state index in [0.717, 1.165) is 12.3 Å². The Balaban J connectivity index is 2.05. The third kappa shape index (κ3) is 2.75. The van der Waals surface area contributed by atoms with Crippen molar-refractivity contribution in [3.8, 4) is 0 Å². The smallest absolute Gasteiger partial charge is 0.265 e. The first kappa shape index (κ1) is 15.1. The lowest BCUT2D eigenvalue weighted by molar-refractivity contribution is 0.601. The summed E-state index contributed by atoms with van der Waals surface area (Å²) in [5.41, 5.74) is 0.529. The van der Waals surface area contributed by atoms with Gasteiger partial charge in [0.05, 0.1) is 16.2 Å². The van der Waals surface area contributed by atoms with Crippen molar-refractivity contribution in [1.29, 1.82) is 0 Å². The summed E-state index contributed by atoms with van der Waals surface area (Å²) >= 11 is 11.8. The van der Waals surface area contributed by atoms with Crippen molar-refractivity contribution in [2.24, 2.45) is 0 Å². The molecule has 1 aromatic carbocycles. The molecule has 3 rings (SSSR count). The van der Waals surface area contributed by atoms with Gasteiger partial charge in [-0.25, -0.2) is 17.8 Å². The average Bonchev–Trinajstić information content (AvgIpc) is 2.85. The van der Waals surface area contributed by atoms with Gasteiger partial charge in [0.15, 0.2) is 0 Å². The molecule has 5 nitrogen and oxygen atoms in total. The maximum atomic E-state index is 12.8. The number of fused-ring (bicyclic) bond motifs is 1. The lowest BCUT2D eigenvalue weighted by Gasteiger charge is -2.06. The van der Waals surface area contributed by atoms with Gasteiger partial charge in [0, 0.05) is 17.1 Å². The molecule has 22 heavy (non-hydrogen) atoms. The first-order chi connectivity index (χ1) is 10.4. The fourth-order valence-corrected chi connectivity index (χ4v) is 3.45. The van der Waals surface area contributed by atoms with Crippen LogP contribution in [0.1, 0.15) is 0 Å². The van der Waals surface area contributed by atoms with E-state index in [9.17, 15) is 12.8 Å². The Kier molecular flexibility index (Phi) is 3.72. The number of anilines is 1. The highest BCUT2D eigenvalue weighted by Gasteiger charge is 2.20. The zero-order valence-electron chi connectivity index (χ0n) is 10.8. The number of halogens is 3. The van der Waals surface area contributed by atoms with E-state index < -0.39 is 15.8 Å². The molecule has 2 aromatic heterocycles. The van der Waals surface area contributed by atoms with E-state index in [0.29, 0.717) is 15.9 Å². The van der Waals surface area contributed by atoms with Crippen LogP contribution in [0, 0.1) is 5.82 Å². The Morgan fingerprint density at radius 2 is 1.91 bits per heavy atom. The van der Waals surface area contributed by atoms with Crippen molar-refractivity contribution in [2.75, 3.05) is 4.72 Å². The fraction of sp³-hybridized carbons (Fsp3) is 0. The Hall–Kier alpha value is -1.83. The molecule has 0 aliphatic rings. The number of H-pyrrole nitrogens is 1. The van der Waals surface area contributed by atoms with Crippen LogP contribution in [0.25, 0.3) is 10.9 Å². The maximum Gasteiger partial charge on any atom is 0.265 e. The summed E-state index contributed by atoms with van der Waals surface area (Å²) in [6.07, 6.45) is 2.24. The molecule has 0 atom stereocenters. The van der Waals surface area contributed by atoms with Crippen LogP contribution in [0.3, 0.4) is 0 Å². The molecule has 0 amide bonds. The van der Waals surface area contributed by atoms with E-state index in [1.54, 1.807) is 0 Å². The SMILES string of the molecule is O=S(=O)(Nc1ccc(F)cn1)c1c[nH]c2cc(Cl)c(Cl)cc12. The molecule has 0 radical (unpaired) electrons. The standard InChI is InChI=1S/C13H8Cl2FN3O2S/c14-9-3-8-11(4-10(9)15)17-6-12(8)22(20,21)19-13-2-1-7(16)5-18-13/h1-6,17H,(H,18,19). The summed E-state index contributed by atoms with van der Waals surface area (Å²) in [4.78, 5) is 6.47. The van der Waals surface area contributed by atoms with Gasteiger partial charge in [0.25, 0.3) is 10.0 Å². The number of benzene rings is 1. The third-order valence-corrected chi connectivity index (χ3v) is 5.06. The van der Waals surface area contributed by atoms with Gasteiger partial charge in [-0.1, -0.05) is 23.2 Å². The van der Waals surface area contributed by atoms with Crippen LogP contribution < -0.4 is 4.72 Å². The van der Waals surface area contributed by atoms with Gasteiger partial charge in [-0.15, -0.1) is 0 Å². The third-order valence-electron chi connectivity index (χ3n) is 2.94. The van der Waals surface area contributed by atoms with Gasteiger partial charge in [-0.2, -0.15) is 0 Å². The minimum absolute atomic E-state index is 0.00723. The van der Waals surface area contributed by atoms with Crippen molar-refractivity contribution in [1.82, 2.24) is 9.97 Å². The molecule has 2 heterocycles.